The average Bonchev–Trinajstić information content (AvgIpc) is 3.19. The molecule has 200 valence electrons. The summed E-state index contributed by atoms with van der Waals surface area (Å²) in [5, 5.41) is 14.3. The fourth-order valence-corrected chi connectivity index (χ4v) is 3.96. The van der Waals surface area contributed by atoms with E-state index in [2.05, 4.69) is 10.6 Å². The van der Waals surface area contributed by atoms with Gasteiger partial charge >= 0.3 is 12.0 Å². The molecule has 1 aliphatic rings. The predicted molar refractivity (Wildman–Crippen MR) is 143 cm³/mol. The van der Waals surface area contributed by atoms with Crippen LogP contribution >= 0.6 is 0 Å². The maximum absolute atomic E-state index is 12.9. The second kappa shape index (κ2) is 12.0. The number of hydrogen-bond acceptors (Lipinski definition) is 6. The van der Waals surface area contributed by atoms with Gasteiger partial charge in [0.25, 0.3) is 5.91 Å². The van der Waals surface area contributed by atoms with Crippen molar-refractivity contribution in [3.8, 4) is 11.5 Å². The molecule has 0 bridgehead atoms. The third-order valence-electron chi connectivity index (χ3n) is 6.03. The molecule has 3 aromatic rings. The number of hydrogen-bond donors (Lipinski definition) is 3. The fraction of sp³-hybridized carbons (Fsp3) is 0.172. The lowest BCUT2D eigenvalue weighted by atomic mass is 10.1. The monoisotopic (exact) mass is 529 g/mol. The molecule has 1 fully saturated rings. The first-order chi connectivity index (χ1) is 18.8. The molecule has 4 rings (SSSR count). The van der Waals surface area contributed by atoms with Crippen LogP contribution in [-0.4, -0.2) is 47.5 Å². The lowest BCUT2D eigenvalue weighted by Crippen LogP contribution is -2.38. The number of ether oxygens (including phenoxy) is 2. The standard InChI is InChI=1S/C29H27N3O7/c1-3-20-6-4-5-7-22(20)30-26(33)16-32-27(34)23(31-29(32)37)14-19-10-13-24(25(15-19)38-2)39-17-18-8-11-21(12-9-18)28(35)36/h4-15H,3,16-17H2,1-2H3,(H,30,33)(H,31,37)(H,35,36)/b23-14+. The van der Waals surface area contributed by atoms with Gasteiger partial charge in [0.2, 0.25) is 5.91 Å². The average molecular weight is 530 g/mol. The van der Waals surface area contributed by atoms with E-state index in [1.54, 1.807) is 42.5 Å². The van der Waals surface area contributed by atoms with E-state index < -0.39 is 30.4 Å². The predicted octanol–water partition coefficient (Wildman–Crippen LogP) is 4.07. The number of benzene rings is 3. The Morgan fingerprint density at radius 2 is 1.77 bits per heavy atom. The Hall–Kier alpha value is -5.12. The molecule has 0 unspecified atom stereocenters. The zero-order chi connectivity index (χ0) is 27.9. The number of carboxylic acids is 1. The lowest BCUT2D eigenvalue weighted by molar-refractivity contribution is -0.127. The van der Waals surface area contributed by atoms with Gasteiger partial charge in [-0.2, -0.15) is 0 Å². The number of carbonyl (C=O) groups excluding carboxylic acids is 3. The van der Waals surface area contributed by atoms with Crippen molar-refractivity contribution in [3.63, 3.8) is 0 Å². The second-order valence-electron chi connectivity index (χ2n) is 8.64. The second-order valence-corrected chi connectivity index (χ2v) is 8.64. The number of nitrogens with one attached hydrogen (secondary N) is 2. The first-order valence-corrected chi connectivity index (χ1v) is 12.1. The molecule has 3 aromatic carbocycles. The topological polar surface area (TPSA) is 134 Å². The van der Waals surface area contributed by atoms with Gasteiger partial charge in [0.05, 0.1) is 12.7 Å². The molecule has 10 heteroatoms. The molecule has 0 aliphatic carbocycles. The smallest absolute Gasteiger partial charge is 0.335 e. The summed E-state index contributed by atoms with van der Waals surface area (Å²) in [6, 6.07) is 18.0. The maximum atomic E-state index is 12.9. The number of nitrogens with zero attached hydrogens (tertiary/aromatic N) is 1. The number of anilines is 1. The Morgan fingerprint density at radius 3 is 2.46 bits per heavy atom. The highest BCUT2D eigenvalue weighted by Crippen LogP contribution is 2.30. The number of aromatic carboxylic acids is 1. The normalized spacial score (nSPS) is 13.8. The minimum atomic E-state index is -1.00. The Balaban J connectivity index is 1.42. The highest BCUT2D eigenvalue weighted by molar-refractivity contribution is 6.16. The van der Waals surface area contributed by atoms with Crippen molar-refractivity contribution in [1.29, 1.82) is 0 Å². The van der Waals surface area contributed by atoms with Crippen LogP contribution in [0.15, 0.2) is 72.4 Å². The number of urea groups is 1. The van der Waals surface area contributed by atoms with Crippen molar-refractivity contribution in [2.45, 2.75) is 20.0 Å². The number of amides is 4. The molecule has 0 radical (unpaired) electrons. The number of carboxylic acid groups (broad SMARTS) is 1. The van der Waals surface area contributed by atoms with Crippen molar-refractivity contribution >= 4 is 35.6 Å². The Labute approximate surface area is 224 Å². The fourth-order valence-electron chi connectivity index (χ4n) is 3.96. The van der Waals surface area contributed by atoms with E-state index in [1.165, 1.54) is 25.3 Å². The van der Waals surface area contributed by atoms with Gasteiger partial charge in [-0.15, -0.1) is 0 Å². The summed E-state index contributed by atoms with van der Waals surface area (Å²) < 4.78 is 11.2. The minimum Gasteiger partial charge on any atom is -0.493 e. The SMILES string of the molecule is CCc1ccccc1NC(=O)CN1C(=O)N/C(=C/c2ccc(OCc3ccc(C(=O)O)cc3)c(OC)c2)C1=O. The first-order valence-electron chi connectivity index (χ1n) is 12.1. The van der Waals surface area contributed by atoms with Gasteiger partial charge in [-0.25, -0.2) is 14.5 Å². The van der Waals surface area contributed by atoms with Crippen LogP contribution in [0.3, 0.4) is 0 Å². The molecular weight excluding hydrogens is 502 g/mol. The summed E-state index contributed by atoms with van der Waals surface area (Å²) in [6.07, 6.45) is 2.21. The van der Waals surface area contributed by atoms with Crippen molar-refractivity contribution in [1.82, 2.24) is 10.2 Å². The Morgan fingerprint density at radius 1 is 1.03 bits per heavy atom. The van der Waals surface area contributed by atoms with Crippen LogP contribution in [0.4, 0.5) is 10.5 Å². The molecule has 0 saturated carbocycles. The van der Waals surface area contributed by atoms with E-state index in [-0.39, 0.29) is 17.9 Å². The zero-order valence-electron chi connectivity index (χ0n) is 21.4. The van der Waals surface area contributed by atoms with Crippen molar-refractivity contribution in [3.05, 3.63) is 94.7 Å². The molecular formula is C29H27N3O7. The molecule has 39 heavy (non-hydrogen) atoms. The van der Waals surface area contributed by atoms with E-state index in [0.29, 0.717) is 22.7 Å². The summed E-state index contributed by atoms with van der Waals surface area (Å²) in [7, 11) is 1.47. The van der Waals surface area contributed by atoms with Gasteiger partial charge in [0.15, 0.2) is 11.5 Å². The molecule has 3 N–H and O–H groups in total. The number of imide groups is 1. The van der Waals surface area contributed by atoms with E-state index in [4.69, 9.17) is 14.6 Å². The minimum absolute atomic E-state index is 0.0241. The van der Waals surface area contributed by atoms with Crippen LogP contribution in [0.25, 0.3) is 6.08 Å². The van der Waals surface area contributed by atoms with E-state index in [9.17, 15) is 19.2 Å². The van der Waals surface area contributed by atoms with Gasteiger partial charge in [-0.05, 0) is 59.5 Å². The highest BCUT2D eigenvalue weighted by atomic mass is 16.5. The zero-order valence-corrected chi connectivity index (χ0v) is 21.4. The first kappa shape index (κ1) is 26.9. The van der Waals surface area contributed by atoms with Gasteiger partial charge in [-0.1, -0.05) is 43.3 Å². The van der Waals surface area contributed by atoms with E-state index >= 15 is 0 Å². The van der Waals surface area contributed by atoms with Crippen LogP contribution in [0.5, 0.6) is 11.5 Å². The van der Waals surface area contributed by atoms with Crippen LogP contribution in [0.1, 0.15) is 34.0 Å². The van der Waals surface area contributed by atoms with Crippen molar-refractivity contribution < 1.29 is 33.8 Å². The molecule has 0 atom stereocenters. The Kier molecular flexibility index (Phi) is 8.25. The molecule has 1 heterocycles. The molecule has 10 nitrogen and oxygen atoms in total. The van der Waals surface area contributed by atoms with Gasteiger partial charge in [0.1, 0.15) is 18.8 Å². The van der Waals surface area contributed by atoms with Crippen LogP contribution < -0.4 is 20.1 Å². The summed E-state index contributed by atoms with van der Waals surface area (Å²) in [6.45, 7) is 1.73. The largest absolute Gasteiger partial charge is 0.493 e. The number of para-hydroxylation sites is 1. The maximum Gasteiger partial charge on any atom is 0.335 e. The van der Waals surface area contributed by atoms with Crippen LogP contribution in [0.2, 0.25) is 0 Å². The number of methoxy groups -OCH3 is 1. The van der Waals surface area contributed by atoms with Gasteiger partial charge in [-0.3, -0.25) is 9.59 Å². The van der Waals surface area contributed by atoms with Gasteiger partial charge in [0, 0.05) is 5.69 Å². The lowest BCUT2D eigenvalue weighted by Gasteiger charge is -2.13. The van der Waals surface area contributed by atoms with Crippen molar-refractivity contribution in [2.24, 2.45) is 0 Å². The molecule has 0 aromatic heterocycles. The molecule has 1 saturated heterocycles. The van der Waals surface area contributed by atoms with E-state index in [1.807, 2.05) is 19.1 Å². The molecule has 1 aliphatic heterocycles. The summed E-state index contributed by atoms with van der Waals surface area (Å²) in [5.74, 6) is -1.28. The third-order valence-corrected chi connectivity index (χ3v) is 6.03. The number of aryl methyl sites for hydroxylation is 1. The van der Waals surface area contributed by atoms with Crippen LogP contribution in [0, 0.1) is 0 Å². The Bertz CT molecular complexity index is 1450. The van der Waals surface area contributed by atoms with Crippen molar-refractivity contribution in [2.75, 3.05) is 19.0 Å². The third kappa shape index (κ3) is 6.42. The quantitative estimate of drug-likeness (QED) is 0.266. The summed E-state index contributed by atoms with van der Waals surface area (Å²) in [5.41, 5.74) is 3.13. The van der Waals surface area contributed by atoms with Gasteiger partial charge < -0.3 is 25.2 Å². The van der Waals surface area contributed by atoms with E-state index in [0.717, 1.165) is 22.4 Å². The number of rotatable bonds is 10. The summed E-state index contributed by atoms with van der Waals surface area (Å²) in [4.78, 5) is 49.7. The molecule has 0 spiro atoms. The summed E-state index contributed by atoms with van der Waals surface area (Å²) >= 11 is 0. The number of carbonyl (C=O) groups is 4. The highest BCUT2D eigenvalue weighted by Gasteiger charge is 2.35. The van der Waals surface area contributed by atoms with Crippen LogP contribution in [-0.2, 0) is 22.6 Å². The molecule has 4 amide bonds.